The normalized spacial score (nSPS) is 22.9. The first-order valence-electron chi connectivity index (χ1n) is 12.7. The average molecular weight is 484 g/mol. The van der Waals surface area contributed by atoms with Crippen LogP contribution in [0.2, 0.25) is 0 Å². The van der Waals surface area contributed by atoms with Gasteiger partial charge in [0.25, 0.3) is 0 Å². The molecule has 0 unspecified atom stereocenters. The highest BCUT2D eigenvalue weighted by Crippen LogP contribution is 2.35. The van der Waals surface area contributed by atoms with Gasteiger partial charge in [0, 0.05) is 25.6 Å². The van der Waals surface area contributed by atoms with Crippen LogP contribution in [0, 0.1) is 17.7 Å². The lowest BCUT2D eigenvalue weighted by molar-refractivity contribution is -0.144. The molecule has 0 aromatic heterocycles. The second kappa shape index (κ2) is 11.1. The van der Waals surface area contributed by atoms with Gasteiger partial charge in [-0.2, -0.15) is 0 Å². The van der Waals surface area contributed by atoms with Gasteiger partial charge in [0.15, 0.2) is 0 Å². The first kappa shape index (κ1) is 25.1. The van der Waals surface area contributed by atoms with E-state index in [2.05, 4.69) is 5.32 Å². The van der Waals surface area contributed by atoms with E-state index in [1.807, 2.05) is 19.1 Å². The Hall–Kier alpha value is -3.03. The lowest BCUT2D eigenvalue weighted by atomic mass is 9.85. The SMILES string of the molecule is CC[C@@H](C(=O)NC1CCCC1)N(Cc1ccc(F)cc1)C(=O)CCN1C(=O)[C@H]2CC=CC[C@H]2C1=O. The van der Waals surface area contributed by atoms with E-state index in [1.54, 1.807) is 12.1 Å². The number of nitrogens with zero attached hydrogens (tertiary/aromatic N) is 2. The zero-order valence-electron chi connectivity index (χ0n) is 20.2. The van der Waals surface area contributed by atoms with Gasteiger partial charge in [0.1, 0.15) is 11.9 Å². The Balaban J connectivity index is 1.47. The molecule has 1 N–H and O–H groups in total. The number of hydrogen-bond donors (Lipinski definition) is 1. The molecular weight excluding hydrogens is 449 g/mol. The van der Waals surface area contributed by atoms with Crippen molar-refractivity contribution in [2.24, 2.45) is 11.8 Å². The summed E-state index contributed by atoms with van der Waals surface area (Å²) in [5, 5.41) is 3.09. The van der Waals surface area contributed by atoms with E-state index < -0.39 is 6.04 Å². The molecule has 188 valence electrons. The smallest absolute Gasteiger partial charge is 0.243 e. The summed E-state index contributed by atoms with van der Waals surface area (Å²) >= 11 is 0. The topological polar surface area (TPSA) is 86.8 Å². The number of carbonyl (C=O) groups excluding carboxylic acids is 4. The zero-order chi connectivity index (χ0) is 24.9. The molecule has 0 bridgehead atoms. The molecule has 1 heterocycles. The number of allylic oxidation sites excluding steroid dienone is 2. The van der Waals surface area contributed by atoms with Crippen molar-refractivity contribution in [2.75, 3.05) is 6.54 Å². The third kappa shape index (κ3) is 5.63. The molecule has 0 radical (unpaired) electrons. The number of amides is 4. The van der Waals surface area contributed by atoms with Gasteiger partial charge < -0.3 is 10.2 Å². The largest absolute Gasteiger partial charge is 0.352 e. The molecule has 1 saturated carbocycles. The summed E-state index contributed by atoms with van der Waals surface area (Å²) in [5.74, 6) is -1.98. The van der Waals surface area contributed by atoms with Gasteiger partial charge in [-0.15, -0.1) is 0 Å². The van der Waals surface area contributed by atoms with Gasteiger partial charge in [-0.3, -0.25) is 24.1 Å². The molecule has 3 atom stereocenters. The Morgan fingerprint density at radius 3 is 2.23 bits per heavy atom. The third-order valence-electron chi connectivity index (χ3n) is 7.50. The highest BCUT2D eigenvalue weighted by Gasteiger charge is 2.47. The number of halogens is 1. The van der Waals surface area contributed by atoms with Crippen molar-refractivity contribution >= 4 is 23.6 Å². The predicted molar refractivity (Wildman–Crippen MR) is 128 cm³/mol. The molecule has 3 aliphatic rings. The number of carbonyl (C=O) groups is 4. The molecule has 0 spiro atoms. The van der Waals surface area contributed by atoms with Gasteiger partial charge in [-0.05, 0) is 49.8 Å². The fourth-order valence-corrected chi connectivity index (χ4v) is 5.51. The summed E-state index contributed by atoms with van der Waals surface area (Å²) in [5.41, 5.74) is 0.706. The summed E-state index contributed by atoms with van der Waals surface area (Å²) in [6.45, 7) is 2.01. The van der Waals surface area contributed by atoms with Gasteiger partial charge in [-0.25, -0.2) is 4.39 Å². The van der Waals surface area contributed by atoms with Crippen molar-refractivity contribution in [3.8, 4) is 0 Å². The lowest BCUT2D eigenvalue weighted by Crippen LogP contribution is -2.51. The zero-order valence-corrected chi connectivity index (χ0v) is 20.2. The summed E-state index contributed by atoms with van der Waals surface area (Å²) in [6, 6.07) is 5.29. The van der Waals surface area contributed by atoms with E-state index >= 15 is 0 Å². The molecular formula is C27H34FN3O4. The Labute approximate surface area is 205 Å². The predicted octanol–water partition coefficient (Wildman–Crippen LogP) is 3.33. The first-order chi connectivity index (χ1) is 16.9. The van der Waals surface area contributed by atoms with Crippen LogP contribution in [-0.2, 0) is 25.7 Å². The maximum Gasteiger partial charge on any atom is 0.243 e. The molecule has 1 aromatic carbocycles. The second-order valence-corrected chi connectivity index (χ2v) is 9.80. The van der Waals surface area contributed by atoms with E-state index in [4.69, 9.17) is 0 Å². The number of rotatable bonds is 9. The molecule has 1 saturated heterocycles. The molecule has 4 amide bonds. The van der Waals surface area contributed by atoms with Gasteiger partial charge in [-0.1, -0.05) is 44.1 Å². The van der Waals surface area contributed by atoms with Crippen LogP contribution in [0.1, 0.15) is 63.9 Å². The van der Waals surface area contributed by atoms with Crippen molar-refractivity contribution < 1.29 is 23.6 Å². The lowest BCUT2D eigenvalue weighted by Gasteiger charge is -2.32. The minimum Gasteiger partial charge on any atom is -0.352 e. The molecule has 8 heteroatoms. The van der Waals surface area contributed by atoms with Crippen molar-refractivity contribution in [3.63, 3.8) is 0 Å². The number of hydrogen-bond acceptors (Lipinski definition) is 4. The van der Waals surface area contributed by atoms with Crippen LogP contribution < -0.4 is 5.32 Å². The maximum atomic E-state index is 13.5. The molecule has 4 rings (SSSR count). The van der Waals surface area contributed by atoms with Crippen molar-refractivity contribution in [3.05, 3.63) is 47.8 Å². The number of nitrogens with one attached hydrogen (secondary N) is 1. The van der Waals surface area contributed by atoms with Crippen LogP contribution in [0.5, 0.6) is 0 Å². The summed E-state index contributed by atoms with van der Waals surface area (Å²) in [7, 11) is 0. The summed E-state index contributed by atoms with van der Waals surface area (Å²) in [6.07, 6.45) is 9.35. The Morgan fingerprint density at radius 2 is 1.66 bits per heavy atom. The monoisotopic (exact) mass is 483 g/mol. The van der Waals surface area contributed by atoms with E-state index in [-0.39, 0.29) is 66.8 Å². The first-order valence-corrected chi connectivity index (χ1v) is 12.7. The number of likely N-dealkylation sites (tertiary alicyclic amines) is 1. The second-order valence-electron chi connectivity index (χ2n) is 9.80. The third-order valence-corrected chi connectivity index (χ3v) is 7.50. The quantitative estimate of drug-likeness (QED) is 0.431. The minimum atomic E-state index is -0.690. The summed E-state index contributed by atoms with van der Waals surface area (Å²) in [4.78, 5) is 54.9. The van der Waals surface area contributed by atoms with E-state index in [0.717, 1.165) is 25.7 Å². The van der Waals surface area contributed by atoms with E-state index in [1.165, 1.54) is 21.9 Å². The Morgan fingerprint density at radius 1 is 1.06 bits per heavy atom. The van der Waals surface area contributed by atoms with Crippen LogP contribution in [0.3, 0.4) is 0 Å². The van der Waals surface area contributed by atoms with Crippen LogP contribution in [-0.4, -0.2) is 52.1 Å². The highest BCUT2D eigenvalue weighted by molar-refractivity contribution is 6.05. The van der Waals surface area contributed by atoms with Crippen molar-refractivity contribution in [1.82, 2.24) is 15.1 Å². The number of fused-ring (bicyclic) bond motifs is 1. The van der Waals surface area contributed by atoms with E-state index in [0.29, 0.717) is 24.8 Å². The standard InChI is InChI=1S/C27H34FN3O4/c1-2-23(25(33)29-20-7-3-4-8-20)31(17-18-11-13-19(28)14-12-18)24(32)15-16-30-26(34)21-9-5-6-10-22(21)27(30)35/h5-6,11-14,20-23H,2-4,7-10,15-17H2,1H3,(H,29,33)/t21-,22+,23-/m0/s1. The van der Waals surface area contributed by atoms with Crippen molar-refractivity contribution in [2.45, 2.75) is 76.9 Å². The molecule has 35 heavy (non-hydrogen) atoms. The van der Waals surface area contributed by atoms with Crippen LogP contribution >= 0.6 is 0 Å². The molecule has 1 aromatic rings. The molecule has 2 fully saturated rings. The Bertz CT molecular complexity index is 961. The minimum absolute atomic E-state index is 0.00406. The fourth-order valence-electron chi connectivity index (χ4n) is 5.51. The molecule has 1 aliphatic heterocycles. The van der Waals surface area contributed by atoms with Crippen molar-refractivity contribution in [1.29, 1.82) is 0 Å². The van der Waals surface area contributed by atoms with Crippen LogP contribution in [0.15, 0.2) is 36.4 Å². The number of imide groups is 1. The summed E-state index contributed by atoms with van der Waals surface area (Å²) < 4.78 is 13.4. The van der Waals surface area contributed by atoms with E-state index in [9.17, 15) is 23.6 Å². The van der Waals surface area contributed by atoms with Gasteiger partial charge >= 0.3 is 0 Å². The Kier molecular flexibility index (Phi) is 7.98. The fraction of sp³-hybridized carbons (Fsp3) is 0.556. The van der Waals surface area contributed by atoms with Gasteiger partial charge in [0.2, 0.25) is 23.6 Å². The average Bonchev–Trinajstić information content (AvgIpc) is 3.45. The molecule has 7 nitrogen and oxygen atoms in total. The maximum absolute atomic E-state index is 13.5. The molecule has 2 aliphatic carbocycles. The van der Waals surface area contributed by atoms with Crippen LogP contribution in [0.4, 0.5) is 4.39 Å². The highest BCUT2D eigenvalue weighted by atomic mass is 19.1. The van der Waals surface area contributed by atoms with Crippen LogP contribution in [0.25, 0.3) is 0 Å². The number of benzene rings is 1. The van der Waals surface area contributed by atoms with Gasteiger partial charge in [0.05, 0.1) is 11.8 Å².